The molecule has 0 aliphatic rings. The van der Waals surface area contributed by atoms with Gasteiger partial charge in [0, 0.05) is 41.6 Å². The summed E-state index contributed by atoms with van der Waals surface area (Å²) in [6.45, 7) is 0.680. The number of nitrogens with two attached hydrogens (primary N) is 1. The molecule has 4 nitrogen and oxygen atoms in total. The van der Waals surface area contributed by atoms with Crippen LogP contribution in [-0.2, 0) is 13.0 Å². The van der Waals surface area contributed by atoms with Gasteiger partial charge in [0.25, 0.3) is 0 Å². The van der Waals surface area contributed by atoms with Crippen molar-refractivity contribution in [2.45, 2.75) is 19.4 Å². The molecule has 5 heteroatoms. The van der Waals surface area contributed by atoms with Gasteiger partial charge in [-0.15, -0.1) is 12.4 Å². The Labute approximate surface area is 176 Å². The van der Waals surface area contributed by atoms with E-state index in [0.717, 1.165) is 51.0 Å². The zero-order valence-corrected chi connectivity index (χ0v) is 16.9. The number of hydrogen-bond acceptors (Lipinski definition) is 4. The third-order valence-corrected chi connectivity index (χ3v) is 4.95. The Hall–Kier alpha value is -2.79. The zero-order chi connectivity index (χ0) is 19.3. The molecule has 0 saturated carbocycles. The molecule has 0 bridgehead atoms. The first-order valence-electron chi connectivity index (χ1n) is 9.54. The van der Waals surface area contributed by atoms with Crippen LogP contribution in [0.1, 0.15) is 17.7 Å². The number of aromatic nitrogens is 2. The fourth-order valence-corrected chi connectivity index (χ4v) is 3.46. The predicted octanol–water partition coefficient (Wildman–Crippen LogP) is 4.77. The van der Waals surface area contributed by atoms with Crippen LogP contribution in [0.5, 0.6) is 0 Å². The van der Waals surface area contributed by atoms with E-state index in [-0.39, 0.29) is 19.0 Å². The van der Waals surface area contributed by atoms with Gasteiger partial charge in [-0.1, -0.05) is 54.6 Å². The van der Waals surface area contributed by atoms with Gasteiger partial charge in [0.15, 0.2) is 0 Å². The van der Waals surface area contributed by atoms with E-state index < -0.39 is 0 Å². The summed E-state index contributed by atoms with van der Waals surface area (Å²) in [6.07, 6.45) is 3.22. The molecule has 148 valence electrons. The molecule has 2 heterocycles. The van der Waals surface area contributed by atoms with Gasteiger partial charge in [-0.25, -0.2) is 4.98 Å². The van der Waals surface area contributed by atoms with Crippen molar-refractivity contribution in [1.29, 1.82) is 0 Å². The van der Waals surface area contributed by atoms with Crippen molar-refractivity contribution >= 4 is 23.3 Å². The van der Waals surface area contributed by atoms with Crippen LogP contribution < -0.4 is 5.73 Å². The van der Waals surface area contributed by atoms with Crippen LogP contribution >= 0.6 is 12.4 Å². The number of benzene rings is 2. The maximum Gasteiger partial charge on any atom is 0.0788 e. The largest absolute Gasteiger partial charge is 0.396 e. The van der Waals surface area contributed by atoms with Crippen molar-refractivity contribution in [3.05, 3.63) is 84.2 Å². The minimum Gasteiger partial charge on any atom is -0.396 e. The summed E-state index contributed by atoms with van der Waals surface area (Å²) >= 11 is 0. The number of aliphatic hydroxyl groups is 1. The van der Waals surface area contributed by atoms with Crippen LogP contribution in [-0.4, -0.2) is 21.7 Å². The minimum absolute atomic E-state index is 0. The molecule has 0 unspecified atom stereocenters. The van der Waals surface area contributed by atoms with Crippen molar-refractivity contribution < 1.29 is 5.11 Å². The molecule has 4 aromatic rings. The van der Waals surface area contributed by atoms with E-state index >= 15 is 0 Å². The number of hydrogen-bond donors (Lipinski definition) is 2. The van der Waals surface area contributed by atoms with Gasteiger partial charge in [0.1, 0.15) is 0 Å². The number of rotatable bonds is 6. The van der Waals surface area contributed by atoms with Gasteiger partial charge in [0.05, 0.1) is 11.2 Å². The molecule has 4 rings (SSSR count). The van der Waals surface area contributed by atoms with Gasteiger partial charge < -0.3 is 10.8 Å². The van der Waals surface area contributed by atoms with Crippen molar-refractivity contribution in [2.75, 3.05) is 6.61 Å². The Morgan fingerprint density at radius 3 is 2.34 bits per heavy atom. The van der Waals surface area contributed by atoms with E-state index in [1.807, 2.05) is 24.3 Å². The van der Waals surface area contributed by atoms with E-state index in [2.05, 4.69) is 47.4 Å². The Kier molecular flexibility index (Phi) is 6.94. The minimum atomic E-state index is 0. The first-order valence-corrected chi connectivity index (χ1v) is 9.54. The fraction of sp³-hybridized carbons (Fsp3) is 0.167. The van der Waals surface area contributed by atoms with E-state index in [0.29, 0.717) is 13.0 Å². The molecule has 0 fully saturated rings. The molecule has 3 N–H and O–H groups in total. The smallest absolute Gasteiger partial charge is 0.0788 e. The monoisotopic (exact) mass is 405 g/mol. The molecule has 2 aromatic heterocycles. The average Bonchev–Trinajstić information content (AvgIpc) is 2.77. The molecule has 0 amide bonds. The molecule has 0 aliphatic heterocycles. The topological polar surface area (TPSA) is 72.0 Å². The second-order valence-electron chi connectivity index (χ2n) is 6.80. The van der Waals surface area contributed by atoms with Crippen molar-refractivity contribution in [3.8, 4) is 22.4 Å². The number of halogens is 1. The summed E-state index contributed by atoms with van der Waals surface area (Å²) in [7, 11) is 0. The second-order valence-corrected chi connectivity index (χ2v) is 6.80. The summed E-state index contributed by atoms with van der Waals surface area (Å²) < 4.78 is 0. The highest BCUT2D eigenvalue weighted by molar-refractivity contribution is 5.92. The normalized spacial score (nSPS) is 10.7. The second kappa shape index (κ2) is 9.61. The van der Waals surface area contributed by atoms with Crippen LogP contribution in [0.4, 0.5) is 0 Å². The molecule has 0 radical (unpaired) electrons. The highest BCUT2D eigenvalue weighted by Gasteiger charge is 2.13. The molecule has 2 aromatic carbocycles. The molecular weight excluding hydrogens is 382 g/mol. The SMILES string of the molecule is Cl.NCc1ccc(-c2nc3ccnc(CCCO)c3cc2-c2ccccc2)cc1. The number of nitrogens with zero attached hydrogens (tertiary/aromatic N) is 2. The lowest BCUT2D eigenvalue weighted by Crippen LogP contribution is -1.99. The van der Waals surface area contributed by atoms with Crippen LogP contribution in [0.2, 0.25) is 0 Å². The lowest BCUT2D eigenvalue weighted by atomic mass is 9.96. The zero-order valence-electron chi connectivity index (χ0n) is 16.1. The lowest BCUT2D eigenvalue weighted by Gasteiger charge is -2.13. The number of pyridine rings is 2. The molecule has 29 heavy (non-hydrogen) atoms. The van der Waals surface area contributed by atoms with Gasteiger partial charge in [-0.2, -0.15) is 0 Å². The maximum atomic E-state index is 9.22. The van der Waals surface area contributed by atoms with E-state index in [1.54, 1.807) is 6.20 Å². The van der Waals surface area contributed by atoms with Gasteiger partial charge in [0.2, 0.25) is 0 Å². The predicted molar refractivity (Wildman–Crippen MR) is 121 cm³/mol. The Morgan fingerprint density at radius 1 is 0.897 bits per heavy atom. The molecule has 0 spiro atoms. The number of aryl methyl sites for hydroxylation is 1. The van der Waals surface area contributed by atoms with E-state index in [4.69, 9.17) is 10.7 Å². The van der Waals surface area contributed by atoms with Gasteiger partial charge in [-0.05, 0) is 36.1 Å². The summed E-state index contributed by atoms with van der Waals surface area (Å²) in [5, 5.41) is 10.3. The lowest BCUT2D eigenvalue weighted by molar-refractivity contribution is 0.288. The highest BCUT2D eigenvalue weighted by Crippen LogP contribution is 2.34. The van der Waals surface area contributed by atoms with Crippen molar-refractivity contribution in [1.82, 2.24) is 9.97 Å². The number of aliphatic hydroxyl groups excluding tert-OH is 1. The quantitative estimate of drug-likeness (QED) is 0.484. The van der Waals surface area contributed by atoms with Crippen molar-refractivity contribution in [3.63, 3.8) is 0 Å². The first kappa shape index (κ1) is 20.9. The van der Waals surface area contributed by atoms with Crippen LogP contribution in [0, 0.1) is 0 Å². The van der Waals surface area contributed by atoms with Crippen molar-refractivity contribution in [2.24, 2.45) is 5.73 Å². The maximum absolute atomic E-state index is 9.22. The van der Waals surface area contributed by atoms with E-state index in [9.17, 15) is 5.11 Å². The van der Waals surface area contributed by atoms with E-state index in [1.165, 1.54) is 0 Å². The van der Waals surface area contributed by atoms with Crippen LogP contribution in [0.25, 0.3) is 33.3 Å². The number of fused-ring (bicyclic) bond motifs is 1. The molecular formula is C24H24ClN3O. The first-order chi connectivity index (χ1) is 13.8. The fourth-order valence-electron chi connectivity index (χ4n) is 3.46. The Morgan fingerprint density at radius 2 is 1.66 bits per heavy atom. The summed E-state index contributed by atoms with van der Waals surface area (Å²) in [5.41, 5.74) is 12.9. The summed E-state index contributed by atoms with van der Waals surface area (Å²) in [6, 6.07) is 22.7. The third kappa shape index (κ3) is 4.46. The molecule has 0 saturated heterocycles. The standard InChI is InChI=1S/C24H23N3O.ClH/c25-16-17-8-10-19(11-9-17)24-20(18-5-2-1-3-6-18)15-21-22(7-4-14-28)26-13-12-23(21)27-24;/h1-3,5-6,8-13,15,28H,4,7,14,16,25H2;1H. The third-order valence-electron chi connectivity index (χ3n) is 4.95. The highest BCUT2D eigenvalue weighted by atomic mass is 35.5. The molecule has 0 aliphatic carbocycles. The van der Waals surface area contributed by atoms with Crippen LogP contribution in [0.3, 0.4) is 0 Å². The average molecular weight is 406 g/mol. The Balaban J connectivity index is 0.00000240. The summed E-state index contributed by atoms with van der Waals surface area (Å²) in [5.74, 6) is 0. The Bertz CT molecular complexity index is 1080. The summed E-state index contributed by atoms with van der Waals surface area (Å²) in [4.78, 5) is 9.55. The van der Waals surface area contributed by atoms with Gasteiger partial charge >= 0.3 is 0 Å². The van der Waals surface area contributed by atoms with Crippen LogP contribution in [0.15, 0.2) is 72.9 Å². The van der Waals surface area contributed by atoms with Gasteiger partial charge in [-0.3, -0.25) is 4.98 Å². The molecule has 0 atom stereocenters.